The van der Waals surface area contributed by atoms with Crippen LogP contribution in [-0.2, 0) is 28.2 Å². The lowest BCUT2D eigenvalue weighted by atomic mass is 9.84. The highest BCUT2D eigenvalue weighted by Crippen LogP contribution is 2.44. The molecule has 0 saturated heterocycles. The van der Waals surface area contributed by atoms with Crippen molar-refractivity contribution in [2.45, 2.75) is 51.7 Å². The number of carboxylic acids is 1. The number of H-pyrrole nitrogens is 1. The van der Waals surface area contributed by atoms with Gasteiger partial charge in [0.15, 0.2) is 0 Å². The van der Waals surface area contributed by atoms with E-state index in [1.807, 2.05) is 13.8 Å². The first-order valence-electron chi connectivity index (χ1n) is 10.7. The number of aliphatic carboxylic acids is 1. The van der Waals surface area contributed by atoms with E-state index in [0.29, 0.717) is 30.8 Å². The topological polar surface area (TPSA) is 95.3 Å². The molecule has 0 amide bonds. The van der Waals surface area contributed by atoms with Crippen LogP contribution >= 0.6 is 0 Å². The number of ether oxygens (including phenoxy) is 2. The SMILES string of the molecule is CCCC1(CC(=O)O)OCCc2c1[nH]c1c(C)c(COc3cccc(F)c3)cc(C#N)c21. The highest BCUT2D eigenvalue weighted by molar-refractivity contribution is 5.94. The first-order valence-corrected chi connectivity index (χ1v) is 10.7. The quantitative estimate of drug-likeness (QED) is 0.537. The van der Waals surface area contributed by atoms with Gasteiger partial charge in [-0.15, -0.1) is 0 Å². The van der Waals surface area contributed by atoms with Crippen molar-refractivity contribution < 1.29 is 23.8 Å². The van der Waals surface area contributed by atoms with Crippen LogP contribution < -0.4 is 4.74 Å². The van der Waals surface area contributed by atoms with Crippen molar-refractivity contribution in [3.05, 3.63) is 64.1 Å². The van der Waals surface area contributed by atoms with Crippen molar-refractivity contribution in [1.29, 1.82) is 5.26 Å². The molecule has 2 aromatic carbocycles. The predicted molar refractivity (Wildman–Crippen MR) is 117 cm³/mol. The lowest BCUT2D eigenvalue weighted by Gasteiger charge is -2.36. The van der Waals surface area contributed by atoms with Crippen LogP contribution in [0.5, 0.6) is 5.75 Å². The van der Waals surface area contributed by atoms with E-state index in [1.54, 1.807) is 18.2 Å². The van der Waals surface area contributed by atoms with Gasteiger partial charge in [-0.2, -0.15) is 5.26 Å². The molecule has 2 heterocycles. The number of hydrogen-bond acceptors (Lipinski definition) is 4. The summed E-state index contributed by atoms with van der Waals surface area (Å²) in [4.78, 5) is 15.1. The number of nitrogens with one attached hydrogen (secondary N) is 1. The third kappa shape index (κ3) is 3.82. The second kappa shape index (κ2) is 8.64. The predicted octanol–water partition coefficient (Wildman–Crippen LogP) is 5.11. The summed E-state index contributed by atoms with van der Waals surface area (Å²) in [5, 5.41) is 20.3. The van der Waals surface area contributed by atoms with Crippen molar-refractivity contribution in [3.63, 3.8) is 0 Å². The molecule has 3 aromatic rings. The maximum atomic E-state index is 13.5. The van der Waals surface area contributed by atoms with Crippen LogP contribution in [0.15, 0.2) is 30.3 Å². The van der Waals surface area contributed by atoms with Crippen molar-refractivity contribution in [2.75, 3.05) is 6.61 Å². The van der Waals surface area contributed by atoms with Crippen LogP contribution in [0.3, 0.4) is 0 Å². The lowest BCUT2D eigenvalue weighted by Crippen LogP contribution is -2.37. The van der Waals surface area contributed by atoms with E-state index in [4.69, 9.17) is 9.47 Å². The van der Waals surface area contributed by atoms with Gasteiger partial charge in [0.2, 0.25) is 0 Å². The smallest absolute Gasteiger partial charge is 0.306 e. The van der Waals surface area contributed by atoms with E-state index < -0.39 is 11.6 Å². The summed E-state index contributed by atoms with van der Waals surface area (Å²) in [6.45, 7) is 4.52. The summed E-state index contributed by atoms with van der Waals surface area (Å²) >= 11 is 0. The molecular formula is C25H25FN2O4. The number of aryl methyl sites for hydroxylation is 1. The molecule has 166 valence electrons. The van der Waals surface area contributed by atoms with Crippen molar-refractivity contribution >= 4 is 16.9 Å². The van der Waals surface area contributed by atoms with Crippen LogP contribution in [0.1, 0.15) is 54.1 Å². The molecule has 32 heavy (non-hydrogen) atoms. The lowest BCUT2D eigenvalue weighted by molar-refractivity contribution is -0.149. The van der Waals surface area contributed by atoms with E-state index in [9.17, 15) is 19.6 Å². The number of carbonyl (C=O) groups is 1. The fourth-order valence-corrected chi connectivity index (χ4v) is 4.72. The molecule has 0 fully saturated rings. The van der Waals surface area contributed by atoms with Crippen molar-refractivity contribution in [1.82, 2.24) is 4.98 Å². The van der Waals surface area contributed by atoms with Gasteiger partial charge in [-0.25, -0.2) is 4.39 Å². The number of fused-ring (bicyclic) bond motifs is 3. The Balaban J connectivity index is 1.82. The molecule has 0 aliphatic carbocycles. The Bertz CT molecular complexity index is 1230. The van der Waals surface area contributed by atoms with E-state index in [1.165, 1.54) is 12.1 Å². The summed E-state index contributed by atoms with van der Waals surface area (Å²) in [6.07, 6.45) is 1.79. The molecule has 1 atom stereocenters. The number of halogens is 1. The Morgan fingerprint density at radius 3 is 2.91 bits per heavy atom. The van der Waals surface area contributed by atoms with Crippen LogP contribution in [0.2, 0.25) is 0 Å². The maximum Gasteiger partial charge on any atom is 0.306 e. The van der Waals surface area contributed by atoms with Gasteiger partial charge >= 0.3 is 5.97 Å². The van der Waals surface area contributed by atoms with Gasteiger partial charge in [-0.1, -0.05) is 19.4 Å². The van der Waals surface area contributed by atoms with E-state index >= 15 is 0 Å². The fraction of sp³-hybridized carbons (Fsp3) is 0.360. The largest absolute Gasteiger partial charge is 0.489 e. The average molecular weight is 436 g/mol. The highest BCUT2D eigenvalue weighted by Gasteiger charge is 2.42. The number of nitrogens with zero attached hydrogens (tertiary/aromatic N) is 1. The van der Waals surface area contributed by atoms with Gasteiger partial charge in [0, 0.05) is 11.5 Å². The van der Waals surface area contributed by atoms with Gasteiger partial charge in [-0.05, 0) is 54.7 Å². The van der Waals surface area contributed by atoms with Gasteiger partial charge in [0.25, 0.3) is 0 Å². The summed E-state index contributed by atoms with van der Waals surface area (Å²) in [6, 6.07) is 10.0. The highest BCUT2D eigenvalue weighted by atomic mass is 19.1. The zero-order valence-corrected chi connectivity index (χ0v) is 18.1. The zero-order valence-electron chi connectivity index (χ0n) is 18.1. The standard InChI is InChI=1S/C25H25FN2O4/c1-3-8-25(12-21(29)30)24-20(7-9-32-25)22-16(13-27)10-17(15(2)23(22)28-24)14-31-19-6-4-5-18(26)11-19/h4-6,10-11,28H,3,7-9,12,14H2,1-2H3,(H,29,30). The normalized spacial score (nSPS) is 17.7. The summed E-state index contributed by atoms with van der Waals surface area (Å²) < 4.78 is 25.3. The Hall–Kier alpha value is -3.37. The van der Waals surface area contributed by atoms with Crippen LogP contribution in [0, 0.1) is 24.1 Å². The molecular weight excluding hydrogens is 411 g/mol. The Morgan fingerprint density at radius 1 is 1.41 bits per heavy atom. The minimum Gasteiger partial charge on any atom is -0.489 e. The number of carboxylic acid groups (broad SMARTS) is 1. The minimum absolute atomic E-state index is 0.142. The Morgan fingerprint density at radius 2 is 2.22 bits per heavy atom. The maximum absolute atomic E-state index is 13.5. The van der Waals surface area contributed by atoms with E-state index in [2.05, 4.69) is 11.1 Å². The Labute approximate surface area is 185 Å². The molecule has 1 aliphatic rings. The van der Waals surface area contributed by atoms with Crippen molar-refractivity contribution in [3.8, 4) is 11.8 Å². The molecule has 0 saturated carbocycles. The second-order valence-corrected chi connectivity index (χ2v) is 8.21. The number of benzene rings is 2. The first-order chi connectivity index (χ1) is 15.4. The van der Waals surface area contributed by atoms with E-state index in [0.717, 1.165) is 39.7 Å². The summed E-state index contributed by atoms with van der Waals surface area (Å²) in [5.74, 6) is -0.896. The molecule has 4 rings (SSSR count). The molecule has 0 radical (unpaired) electrons. The molecule has 1 aromatic heterocycles. The first kappa shape index (κ1) is 21.8. The fourth-order valence-electron chi connectivity index (χ4n) is 4.72. The van der Waals surface area contributed by atoms with Crippen LogP contribution in [0.4, 0.5) is 4.39 Å². The van der Waals surface area contributed by atoms with Gasteiger partial charge in [-0.3, -0.25) is 4.79 Å². The molecule has 6 nitrogen and oxygen atoms in total. The number of rotatable bonds is 7. The van der Waals surface area contributed by atoms with Crippen LogP contribution in [0.25, 0.3) is 10.9 Å². The number of hydrogen-bond donors (Lipinski definition) is 2. The van der Waals surface area contributed by atoms with E-state index in [-0.39, 0.29) is 18.8 Å². The molecule has 1 unspecified atom stereocenters. The Kier molecular flexibility index (Phi) is 5.90. The average Bonchev–Trinajstić information content (AvgIpc) is 3.15. The van der Waals surface area contributed by atoms with Gasteiger partial charge in [0.1, 0.15) is 23.8 Å². The summed E-state index contributed by atoms with van der Waals surface area (Å²) in [5.41, 5.74) is 3.78. The molecule has 0 bridgehead atoms. The minimum atomic E-state index is -0.940. The molecule has 2 N–H and O–H groups in total. The molecule has 0 spiro atoms. The number of aromatic nitrogens is 1. The molecule has 1 aliphatic heterocycles. The number of aromatic amines is 1. The number of nitriles is 1. The van der Waals surface area contributed by atoms with Gasteiger partial charge in [0.05, 0.1) is 35.9 Å². The second-order valence-electron chi connectivity index (χ2n) is 8.21. The van der Waals surface area contributed by atoms with Gasteiger partial charge < -0.3 is 19.6 Å². The van der Waals surface area contributed by atoms with Crippen LogP contribution in [-0.4, -0.2) is 22.7 Å². The monoisotopic (exact) mass is 436 g/mol. The third-order valence-electron chi connectivity index (χ3n) is 6.14. The summed E-state index contributed by atoms with van der Waals surface area (Å²) in [7, 11) is 0. The van der Waals surface area contributed by atoms with Crippen molar-refractivity contribution in [2.24, 2.45) is 0 Å². The molecule has 7 heteroatoms. The third-order valence-corrected chi connectivity index (χ3v) is 6.14. The zero-order chi connectivity index (χ0) is 22.9.